The number of thiophene rings is 1. The van der Waals surface area contributed by atoms with Crippen LogP contribution in [0, 0.1) is 5.92 Å². The quantitative estimate of drug-likeness (QED) is 0.224. The Bertz CT molecular complexity index is 1520. The molecular weight excluding hydrogens is 598 g/mol. The summed E-state index contributed by atoms with van der Waals surface area (Å²) in [5.41, 5.74) is 6.09. The molecule has 0 radical (unpaired) electrons. The Morgan fingerprint density at radius 3 is 2.37 bits per heavy atom. The maximum atomic E-state index is 14.0. The fourth-order valence-corrected chi connectivity index (χ4v) is 8.37. The molecule has 3 fully saturated rings. The first-order chi connectivity index (χ1) is 22.3. The van der Waals surface area contributed by atoms with Gasteiger partial charge in [-0.05, 0) is 68.0 Å². The molecule has 10 heteroatoms. The average Bonchev–Trinajstić information content (AvgIpc) is 3.83. The summed E-state index contributed by atoms with van der Waals surface area (Å²) < 4.78 is 1.02. The fraction of sp³-hybridized carbons (Fsp3) is 0.500. The first kappa shape index (κ1) is 32.2. The Kier molecular flexibility index (Phi) is 10.0. The van der Waals surface area contributed by atoms with E-state index in [-0.39, 0.29) is 47.7 Å². The van der Waals surface area contributed by atoms with Crippen LogP contribution in [-0.2, 0) is 20.8 Å². The van der Waals surface area contributed by atoms with Crippen molar-refractivity contribution in [1.29, 1.82) is 0 Å². The van der Waals surface area contributed by atoms with E-state index in [4.69, 9.17) is 5.73 Å². The molecule has 4 amide bonds. The molecule has 0 saturated heterocycles. The highest BCUT2D eigenvalue weighted by Gasteiger charge is 2.44. The molecule has 46 heavy (non-hydrogen) atoms. The number of carbonyl (C=O) groups is 4. The van der Waals surface area contributed by atoms with Crippen molar-refractivity contribution in [3.05, 3.63) is 71.1 Å². The predicted molar refractivity (Wildman–Crippen MR) is 180 cm³/mol. The van der Waals surface area contributed by atoms with Crippen molar-refractivity contribution >= 4 is 45.1 Å². The number of fused-ring (bicyclic) bond motifs is 1. The molecule has 0 aliphatic heterocycles. The molecule has 5 atom stereocenters. The van der Waals surface area contributed by atoms with Crippen LogP contribution in [0.25, 0.3) is 10.1 Å². The van der Waals surface area contributed by atoms with Gasteiger partial charge in [0.25, 0.3) is 5.91 Å². The first-order valence-electron chi connectivity index (χ1n) is 16.8. The van der Waals surface area contributed by atoms with E-state index in [1.54, 1.807) is 0 Å². The molecule has 2 aromatic carbocycles. The zero-order valence-electron chi connectivity index (χ0n) is 26.3. The topological polar surface area (TPSA) is 142 Å². The summed E-state index contributed by atoms with van der Waals surface area (Å²) in [5.74, 6) is -1.03. The molecule has 6 N–H and O–H groups in total. The number of carbonyl (C=O) groups excluding carboxylic acids is 4. The highest BCUT2D eigenvalue weighted by Crippen LogP contribution is 2.33. The number of rotatable bonds is 10. The number of nitrogens with two attached hydrogens (primary N) is 1. The maximum absolute atomic E-state index is 14.0. The van der Waals surface area contributed by atoms with Gasteiger partial charge in [0.1, 0.15) is 11.6 Å². The molecular formula is C36H45N5O4S. The molecule has 0 unspecified atom stereocenters. The van der Waals surface area contributed by atoms with Gasteiger partial charge in [0.15, 0.2) is 0 Å². The van der Waals surface area contributed by atoms with Crippen LogP contribution in [-0.4, -0.2) is 53.3 Å². The lowest BCUT2D eigenvalue weighted by molar-refractivity contribution is -0.132. The van der Waals surface area contributed by atoms with Gasteiger partial charge < -0.3 is 27.0 Å². The Morgan fingerprint density at radius 1 is 0.870 bits per heavy atom. The molecule has 6 rings (SSSR count). The standard InChI is InChI=1S/C36H45N5O4S/c37-27-13-5-6-14-28(27)39-32(42)25-16-17-26(21-25)38-33(43)29(20-23-10-2-1-3-11-23)40-35(45)36(18-8-9-19-36)41-34(44)31-22-24-12-4-7-15-30(24)46-31/h1-4,7,10-12,15,22,25-29H,5-6,8-9,13-14,16-21,37H2,(H,38,43)(H,39,42)(H,40,45)(H,41,44)/t25-,26+,27+,28+,29-/m1/s1. The van der Waals surface area contributed by atoms with Crippen LogP contribution in [0.5, 0.6) is 0 Å². The van der Waals surface area contributed by atoms with Crippen molar-refractivity contribution in [2.45, 2.75) is 107 Å². The Hall–Kier alpha value is -3.76. The molecule has 1 aromatic heterocycles. The second-order valence-electron chi connectivity index (χ2n) is 13.4. The van der Waals surface area contributed by atoms with Crippen LogP contribution in [0.2, 0.25) is 0 Å². The molecule has 3 aromatic rings. The van der Waals surface area contributed by atoms with Crippen LogP contribution < -0.4 is 27.0 Å². The minimum Gasteiger partial charge on any atom is -0.352 e. The van der Waals surface area contributed by atoms with Crippen molar-refractivity contribution in [2.75, 3.05) is 0 Å². The largest absolute Gasteiger partial charge is 0.352 e. The van der Waals surface area contributed by atoms with Gasteiger partial charge in [0.05, 0.1) is 4.88 Å². The maximum Gasteiger partial charge on any atom is 0.262 e. The lowest BCUT2D eigenvalue weighted by Crippen LogP contribution is -2.61. The van der Waals surface area contributed by atoms with E-state index in [2.05, 4.69) is 21.3 Å². The van der Waals surface area contributed by atoms with E-state index in [1.165, 1.54) is 11.3 Å². The van der Waals surface area contributed by atoms with E-state index < -0.39 is 11.6 Å². The van der Waals surface area contributed by atoms with Gasteiger partial charge in [-0.15, -0.1) is 11.3 Å². The average molecular weight is 644 g/mol. The second kappa shape index (κ2) is 14.3. The summed E-state index contributed by atoms with van der Waals surface area (Å²) in [6.45, 7) is 0. The van der Waals surface area contributed by atoms with Gasteiger partial charge >= 0.3 is 0 Å². The van der Waals surface area contributed by atoms with Gasteiger partial charge in [-0.2, -0.15) is 0 Å². The molecule has 244 valence electrons. The smallest absolute Gasteiger partial charge is 0.262 e. The van der Waals surface area contributed by atoms with Gasteiger partial charge in [-0.3, -0.25) is 19.2 Å². The number of nitrogens with one attached hydrogen (secondary N) is 4. The van der Waals surface area contributed by atoms with E-state index in [9.17, 15) is 19.2 Å². The molecule has 0 spiro atoms. The minimum absolute atomic E-state index is 0.00477. The first-order valence-corrected chi connectivity index (χ1v) is 17.6. The summed E-state index contributed by atoms with van der Waals surface area (Å²) in [7, 11) is 0. The minimum atomic E-state index is -1.08. The lowest BCUT2D eigenvalue weighted by Gasteiger charge is -2.31. The Morgan fingerprint density at radius 2 is 1.61 bits per heavy atom. The fourth-order valence-electron chi connectivity index (χ4n) is 7.41. The zero-order chi connectivity index (χ0) is 32.1. The molecule has 3 saturated carbocycles. The van der Waals surface area contributed by atoms with E-state index in [0.29, 0.717) is 43.4 Å². The summed E-state index contributed by atoms with van der Waals surface area (Å²) in [6, 6.07) is 18.3. The van der Waals surface area contributed by atoms with Crippen LogP contribution >= 0.6 is 11.3 Å². The number of hydrogen-bond donors (Lipinski definition) is 5. The number of hydrogen-bond acceptors (Lipinski definition) is 6. The molecule has 0 bridgehead atoms. The predicted octanol–water partition coefficient (Wildman–Crippen LogP) is 4.34. The lowest BCUT2D eigenvalue weighted by atomic mass is 9.90. The highest BCUT2D eigenvalue weighted by atomic mass is 32.1. The monoisotopic (exact) mass is 643 g/mol. The third-order valence-corrected chi connectivity index (χ3v) is 11.2. The Labute approximate surface area is 274 Å². The van der Waals surface area contributed by atoms with Gasteiger partial charge in [0.2, 0.25) is 17.7 Å². The highest BCUT2D eigenvalue weighted by molar-refractivity contribution is 7.20. The van der Waals surface area contributed by atoms with Crippen molar-refractivity contribution in [3.8, 4) is 0 Å². The van der Waals surface area contributed by atoms with E-state index >= 15 is 0 Å². The number of amides is 4. The summed E-state index contributed by atoms with van der Waals surface area (Å²) in [4.78, 5) is 54.9. The summed E-state index contributed by atoms with van der Waals surface area (Å²) >= 11 is 1.41. The molecule has 1 heterocycles. The van der Waals surface area contributed by atoms with E-state index in [1.807, 2.05) is 60.7 Å². The van der Waals surface area contributed by atoms with Crippen molar-refractivity contribution in [1.82, 2.24) is 21.3 Å². The molecule has 3 aliphatic rings. The van der Waals surface area contributed by atoms with Gasteiger partial charge in [-0.1, -0.05) is 74.2 Å². The number of benzene rings is 2. The Balaban J connectivity index is 1.12. The van der Waals surface area contributed by atoms with Gasteiger partial charge in [0, 0.05) is 35.2 Å². The molecule has 3 aliphatic carbocycles. The van der Waals surface area contributed by atoms with Crippen molar-refractivity contribution in [2.24, 2.45) is 11.7 Å². The summed E-state index contributed by atoms with van der Waals surface area (Å²) in [5, 5.41) is 13.4. The van der Waals surface area contributed by atoms with E-state index in [0.717, 1.165) is 54.2 Å². The van der Waals surface area contributed by atoms with Crippen molar-refractivity contribution < 1.29 is 19.2 Å². The van der Waals surface area contributed by atoms with Crippen LogP contribution in [0.3, 0.4) is 0 Å². The second-order valence-corrected chi connectivity index (χ2v) is 14.5. The van der Waals surface area contributed by atoms with Crippen molar-refractivity contribution in [3.63, 3.8) is 0 Å². The molecule has 9 nitrogen and oxygen atoms in total. The SMILES string of the molecule is N[C@H]1CCCC[C@@H]1NC(=O)[C@@H]1CC[C@H](NC(=O)[C@@H](Cc2ccccc2)NC(=O)C2(NC(=O)c3cc4ccccc4s3)CCCC2)C1. The van der Waals surface area contributed by atoms with Crippen LogP contribution in [0.1, 0.15) is 85.9 Å². The van der Waals surface area contributed by atoms with Crippen LogP contribution in [0.15, 0.2) is 60.7 Å². The van der Waals surface area contributed by atoms with Crippen LogP contribution in [0.4, 0.5) is 0 Å². The third kappa shape index (κ3) is 7.44. The zero-order valence-corrected chi connectivity index (χ0v) is 27.1. The summed E-state index contributed by atoms with van der Waals surface area (Å²) in [6.07, 6.45) is 8.93. The normalized spacial score (nSPS) is 24.6. The third-order valence-electron chi connectivity index (χ3n) is 10.1. The van der Waals surface area contributed by atoms with Gasteiger partial charge in [-0.25, -0.2) is 0 Å².